The van der Waals surface area contributed by atoms with Crippen molar-refractivity contribution in [1.29, 1.82) is 5.26 Å². The van der Waals surface area contributed by atoms with E-state index in [1.807, 2.05) is 30.3 Å². The van der Waals surface area contributed by atoms with Crippen molar-refractivity contribution in [1.82, 2.24) is 25.0 Å². The molecule has 1 atom stereocenters. The van der Waals surface area contributed by atoms with Gasteiger partial charge in [0.05, 0.1) is 17.2 Å². The third-order valence-electron chi connectivity index (χ3n) is 14.6. The van der Waals surface area contributed by atoms with Crippen LogP contribution in [-0.4, -0.2) is 108 Å². The number of benzene rings is 3. The van der Waals surface area contributed by atoms with Gasteiger partial charge < -0.3 is 25.0 Å². The van der Waals surface area contributed by atoms with Gasteiger partial charge in [-0.05, 0) is 92.6 Å². The summed E-state index contributed by atoms with van der Waals surface area (Å²) in [4.78, 5) is 64.5. The number of nitriles is 1. The number of piperazine rings is 1. The van der Waals surface area contributed by atoms with E-state index in [9.17, 15) is 24.4 Å². The molecular weight excluding hydrogens is 777 g/mol. The van der Waals surface area contributed by atoms with Crippen LogP contribution in [0.1, 0.15) is 133 Å². The molecule has 3 saturated heterocycles. The van der Waals surface area contributed by atoms with Crippen molar-refractivity contribution in [3.05, 3.63) is 93.2 Å². The molecule has 0 spiro atoms. The van der Waals surface area contributed by atoms with Crippen LogP contribution in [0.4, 0.5) is 11.4 Å². The van der Waals surface area contributed by atoms with Gasteiger partial charge in [0, 0.05) is 115 Å². The number of unbranched alkanes of at least 4 members (excludes halogenated alkanes) is 4. The number of anilines is 2. The monoisotopic (exact) mass is 836 g/mol. The summed E-state index contributed by atoms with van der Waals surface area (Å²) in [5, 5.41) is 16.3. The standard InChI is InChI=1S/C50H60N8O4/c1-4-33-28-37-39(50(2,3)47-45(46(37)60)36-14-13-32(30-51)27-41(36)53-47)29-43(33)57-21-17-34(18-22-57)56-25-23-55(24-26-56)20-9-7-5-6-8-19-52-40-12-10-11-35-38(40)31-58(49(35)62)42-15-16-44(59)54-48(42)61/h10-14,27-29,34,42,52-53H,4-9,15-26,31H2,1-3H3,(H,54,59,61). The fourth-order valence-electron chi connectivity index (χ4n) is 10.9. The molecule has 12 heteroatoms. The van der Waals surface area contributed by atoms with Gasteiger partial charge in [-0.2, -0.15) is 5.26 Å². The van der Waals surface area contributed by atoms with Crippen LogP contribution in [0.2, 0.25) is 0 Å². The van der Waals surface area contributed by atoms with Gasteiger partial charge in [-0.15, -0.1) is 0 Å². The van der Waals surface area contributed by atoms with E-state index < -0.39 is 6.04 Å². The van der Waals surface area contributed by atoms with Crippen LogP contribution in [0, 0.1) is 11.3 Å². The molecule has 0 bridgehead atoms. The lowest BCUT2D eigenvalue weighted by atomic mass is 9.70. The van der Waals surface area contributed by atoms with Crippen molar-refractivity contribution in [2.45, 2.75) is 109 Å². The average Bonchev–Trinajstić information content (AvgIpc) is 3.85. The zero-order valence-corrected chi connectivity index (χ0v) is 36.6. The second-order valence-electron chi connectivity index (χ2n) is 18.6. The number of aromatic nitrogens is 1. The molecule has 0 saturated carbocycles. The molecule has 5 aliphatic rings. The van der Waals surface area contributed by atoms with Crippen molar-refractivity contribution in [3.63, 3.8) is 0 Å². The van der Waals surface area contributed by atoms with E-state index in [0.717, 1.165) is 129 Å². The molecule has 3 amide bonds. The SMILES string of the molecule is CCc1cc2c(cc1N1CCC(N3CCN(CCCCCCCNc4cccc5c4CN(C4CCC(=O)NC4=O)C5=O)CC3)CC1)C(C)(C)c1[nH]c3cc(C#N)ccc3c1C2=O. The number of carbonyl (C=O) groups is 4. The summed E-state index contributed by atoms with van der Waals surface area (Å²) < 4.78 is 0. The second-order valence-corrected chi connectivity index (χ2v) is 18.6. The lowest BCUT2D eigenvalue weighted by molar-refractivity contribution is -0.136. The topological polar surface area (TPSA) is 145 Å². The lowest BCUT2D eigenvalue weighted by Crippen LogP contribution is -2.53. The van der Waals surface area contributed by atoms with E-state index in [1.165, 1.54) is 30.5 Å². The summed E-state index contributed by atoms with van der Waals surface area (Å²) in [5.41, 5.74) is 9.68. The number of hydrogen-bond acceptors (Lipinski definition) is 9. The zero-order chi connectivity index (χ0) is 43.1. The fourth-order valence-corrected chi connectivity index (χ4v) is 10.9. The molecule has 0 radical (unpaired) electrons. The van der Waals surface area contributed by atoms with E-state index in [0.29, 0.717) is 30.1 Å². The number of nitrogens with zero attached hydrogens (tertiary/aromatic N) is 5. The Morgan fingerprint density at radius 1 is 0.871 bits per heavy atom. The van der Waals surface area contributed by atoms with Crippen molar-refractivity contribution in [2.75, 3.05) is 62.6 Å². The molecule has 4 aliphatic heterocycles. The fraction of sp³-hybridized carbons (Fsp3) is 0.500. The number of amides is 3. The highest BCUT2D eigenvalue weighted by Gasteiger charge is 2.42. The first kappa shape index (κ1) is 41.8. The maximum atomic E-state index is 14.1. The minimum Gasteiger partial charge on any atom is -0.385 e. The molecule has 3 fully saturated rings. The highest BCUT2D eigenvalue weighted by molar-refractivity contribution is 6.20. The number of H-pyrrole nitrogens is 1. The summed E-state index contributed by atoms with van der Waals surface area (Å²) in [6.45, 7) is 15.6. The van der Waals surface area contributed by atoms with Crippen LogP contribution >= 0.6 is 0 Å². The van der Waals surface area contributed by atoms with Crippen molar-refractivity contribution in [3.8, 4) is 6.07 Å². The van der Waals surface area contributed by atoms with Crippen LogP contribution in [0.3, 0.4) is 0 Å². The zero-order valence-electron chi connectivity index (χ0n) is 36.6. The van der Waals surface area contributed by atoms with Crippen molar-refractivity contribution >= 4 is 45.8 Å². The van der Waals surface area contributed by atoms with E-state index in [4.69, 9.17) is 0 Å². The summed E-state index contributed by atoms with van der Waals surface area (Å²) in [6.07, 6.45) is 9.69. The largest absolute Gasteiger partial charge is 0.385 e. The molecule has 4 aromatic rings. The summed E-state index contributed by atoms with van der Waals surface area (Å²) in [6, 6.07) is 18.0. The van der Waals surface area contributed by atoms with Gasteiger partial charge in [-0.3, -0.25) is 29.4 Å². The van der Waals surface area contributed by atoms with Gasteiger partial charge in [0.15, 0.2) is 5.78 Å². The third-order valence-corrected chi connectivity index (χ3v) is 14.6. The van der Waals surface area contributed by atoms with Gasteiger partial charge in [-0.1, -0.05) is 52.2 Å². The molecule has 3 N–H and O–H groups in total. The number of aryl methyl sites for hydroxylation is 1. The molecule has 9 rings (SSSR count). The Balaban J connectivity index is 0.698. The molecule has 1 aliphatic carbocycles. The van der Waals surface area contributed by atoms with Gasteiger partial charge in [-0.25, -0.2) is 0 Å². The Bertz CT molecular complexity index is 2450. The number of rotatable bonds is 13. The first-order valence-corrected chi connectivity index (χ1v) is 23.1. The Hall–Kier alpha value is -5.51. The van der Waals surface area contributed by atoms with Crippen molar-refractivity contribution in [2.24, 2.45) is 0 Å². The van der Waals surface area contributed by atoms with Crippen LogP contribution in [-0.2, 0) is 28.0 Å². The number of imide groups is 1. The van der Waals surface area contributed by atoms with Crippen LogP contribution in [0.15, 0.2) is 48.5 Å². The highest BCUT2D eigenvalue weighted by Crippen LogP contribution is 2.46. The second kappa shape index (κ2) is 17.3. The van der Waals surface area contributed by atoms with Crippen molar-refractivity contribution < 1.29 is 19.2 Å². The van der Waals surface area contributed by atoms with Gasteiger partial charge in [0.25, 0.3) is 5.91 Å². The quantitative estimate of drug-likeness (QED) is 0.0970. The number of piperidine rings is 2. The predicted octanol–water partition coefficient (Wildman–Crippen LogP) is 6.88. The number of aromatic amines is 1. The van der Waals surface area contributed by atoms with Gasteiger partial charge >= 0.3 is 0 Å². The van der Waals surface area contributed by atoms with E-state index in [1.54, 1.807) is 11.0 Å². The smallest absolute Gasteiger partial charge is 0.255 e. The third kappa shape index (κ3) is 7.79. The number of ketones is 1. The number of nitrogens with one attached hydrogen (secondary N) is 3. The molecule has 1 aromatic heterocycles. The number of carbonyl (C=O) groups excluding carboxylic acids is 4. The molecular formula is C50H60N8O4. The van der Waals surface area contributed by atoms with E-state index in [2.05, 4.69) is 69.3 Å². The van der Waals surface area contributed by atoms with Gasteiger partial charge in [0.1, 0.15) is 6.04 Å². The minimum atomic E-state index is -0.598. The maximum Gasteiger partial charge on any atom is 0.255 e. The maximum absolute atomic E-state index is 14.1. The summed E-state index contributed by atoms with van der Waals surface area (Å²) in [7, 11) is 0. The summed E-state index contributed by atoms with van der Waals surface area (Å²) >= 11 is 0. The summed E-state index contributed by atoms with van der Waals surface area (Å²) in [5.74, 6) is -0.714. The lowest BCUT2D eigenvalue weighted by Gasteiger charge is -2.44. The van der Waals surface area contributed by atoms with E-state index >= 15 is 0 Å². The van der Waals surface area contributed by atoms with Gasteiger partial charge in [0.2, 0.25) is 11.8 Å². The Kier molecular flexibility index (Phi) is 11.7. The number of fused-ring (bicyclic) bond motifs is 5. The Morgan fingerprint density at radius 2 is 1.65 bits per heavy atom. The molecule has 324 valence electrons. The predicted molar refractivity (Wildman–Crippen MR) is 242 cm³/mol. The molecule has 3 aromatic carbocycles. The van der Waals surface area contributed by atoms with Crippen LogP contribution in [0.5, 0.6) is 0 Å². The average molecular weight is 837 g/mol. The highest BCUT2D eigenvalue weighted by atomic mass is 16.2. The van der Waals surface area contributed by atoms with E-state index in [-0.39, 0.29) is 35.3 Å². The molecule has 1 unspecified atom stereocenters. The van der Waals surface area contributed by atoms with Crippen LogP contribution < -0.4 is 15.5 Å². The molecule has 62 heavy (non-hydrogen) atoms. The number of hydrogen-bond donors (Lipinski definition) is 3. The first-order valence-electron chi connectivity index (χ1n) is 23.1. The first-order chi connectivity index (χ1) is 30.0. The Morgan fingerprint density at radius 3 is 2.40 bits per heavy atom. The Labute approximate surface area is 365 Å². The molecule has 5 heterocycles. The van der Waals surface area contributed by atoms with Crippen LogP contribution in [0.25, 0.3) is 10.9 Å². The molecule has 12 nitrogen and oxygen atoms in total. The minimum absolute atomic E-state index is 0.0742. The normalized spacial score (nSPS) is 20.6.